The maximum atomic E-state index is 11.8. The molecule has 0 aliphatic carbocycles. The van der Waals surface area contributed by atoms with Gasteiger partial charge in [-0.25, -0.2) is 0 Å². The van der Waals surface area contributed by atoms with Crippen molar-refractivity contribution in [2.24, 2.45) is 18.7 Å². The molecule has 78 valence electrons. The summed E-state index contributed by atoms with van der Waals surface area (Å²) in [6, 6.07) is -0.413. The van der Waals surface area contributed by atoms with Crippen LogP contribution in [-0.2, 0) is 7.05 Å². The van der Waals surface area contributed by atoms with Crippen molar-refractivity contribution in [2.75, 3.05) is 0 Å². The van der Waals surface area contributed by atoms with Gasteiger partial charge in [0.05, 0.1) is 17.8 Å². The second-order valence-electron chi connectivity index (χ2n) is 3.68. The summed E-state index contributed by atoms with van der Waals surface area (Å²) in [4.78, 5) is 11.8. The van der Waals surface area contributed by atoms with Crippen LogP contribution in [0.4, 0.5) is 0 Å². The van der Waals surface area contributed by atoms with Crippen molar-refractivity contribution in [3.8, 4) is 0 Å². The molecule has 1 rings (SSSR count). The second-order valence-corrected chi connectivity index (χ2v) is 3.68. The van der Waals surface area contributed by atoms with Gasteiger partial charge in [-0.1, -0.05) is 20.3 Å². The number of nitrogens with two attached hydrogens (primary N) is 1. The Morgan fingerprint density at radius 2 is 2.36 bits per heavy atom. The first-order valence-corrected chi connectivity index (χ1v) is 4.84. The minimum absolute atomic E-state index is 0.0209. The number of carbonyl (C=O) groups is 1. The molecule has 0 amide bonds. The van der Waals surface area contributed by atoms with Crippen LogP contribution in [0, 0.1) is 5.92 Å². The van der Waals surface area contributed by atoms with Crippen molar-refractivity contribution in [3.05, 3.63) is 18.0 Å². The third-order valence-electron chi connectivity index (χ3n) is 2.55. The molecule has 2 atom stereocenters. The summed E-state index contributed by atoms with van der Waals surface area (Å²) in [7, 11) is 1.78. The fourth-order valence-corrected chi connectivity index (χ4v) is 1.25. The van der Waals surface area contributed by atoms with Gasteiger partial charge in [0, 0.05) is 13.2 Å². The van der Waals surface area contributed by atoms with E-state index in [1.165, 1.54) is 0 Å². The lowest BCUT2D eigenvalue weighted by atomic mass is 9.94. The Morgan fingerprint density at radius 3 is 2.79 bits per heavy atom. The minimum atomic E-state index is -0.413. The van der Waals surface area contributed by atoms with Gasteiger partial charge in [-0.2, -0.15) is 5.10 Å². The molecule has 0 aliphatic rings. The third kappa shape index (κ3) is 2.20. The molecule has 0 saturated heterocycles. The first-order valence-electron chi connectivity index (χ1n) is 4.84. The molecule has 1 heterocycles. The highest BCUT2D eigenvalue weighted by Gasteiger charge is 2.21. The summed E-state index contributed by atoms with van der Waals surface area (Å²) in [5.41, 5.74) is 6.42. The molecule has 0 aromatic carbocycles. The molecule has 0 aliphatic heterocycles. The molecule has 0 saturated carbocycles. The van der Waals surface area contributed by atoms with E-state index in [0.717, 1.165) is 6.42 Å². The van der Waals surface area contributed by atoms with Crippen LogP contribution in [-0.4, -0.2) is 21.6 Å². The Kier molecular flexibility index (Phi) is 3.41. The average molecular weight is 195 g/mol. The molecular formula is C10H17N3O. The molecule has 2 unspecified atom stereocenters. The number of hydrogen-bond donors (Lipinski definition) is 1. The number of carbonyl (C=O) groups excluding carboxylic acids is 1. The van der Waals surface area contributed by atoms with Crippen LogP contribution in [0.3, 0.4) is 0 Å². The van der Waals surface area contributed by atoms with Crippen molar-refractivity contribution < 1.29 is 4.79 Å². The minimum Gasteiger partial charge on any atom is -0.321 e. The van der Waals surface area contributed by atoms with Gasteiger partial charge >= 0.3 is 0 Å². The fourth-order valence-electron chi connectivity index (χ4n) is 1.25. The van der Waals surface area contributed by atoms with Crippen molar-refractivity contribution in [3.63, 3.8) is 0 Å². The van der Waals surface area contributed by atoms with Crippen LogP contribution in [0.25, 0.3) is 0 Å². The normalized spacial score (nSPS) is 15.1. The Bertz CT molecular complexity index is 319. The van der Waals surface area contributed by atoms with Gasteiger partial charge in [-0.15, -0.1) is 0 Å². The summed E-state index contributed by atoms with van der Waals surface area (Å²) in [6.07, 6.45) is 4.17. The fraction of sp³-hybridized carbons (Fsp3) is 0.600. The smallest absolute Gasteiger partial charge is 0.182 e. The molecule has 14 heavy (non-hydrogen) atoms. The third-order valence-corrected chi connectivity index (χ3v) is 2.55. The molecule has 4 nitrogen and oxygen atoms in total. The van der Waals surface area contributed by atoms with E-state index < -0.39 is 6.04 Å². The predicted molar refractivity (Wildman–Crippen MR) is 55.0 cm³/mol. The van der Waals surface area contributed by atoms with Gasteiger partial charge in [-0.3, -0.25) is 9.48 Å². The van der Waals surface area contributed by atoms with Crippen molar-refractivity contribution >= 4 is 5.78 Å². The van der Waals surface area contributed by atoms with Gasteiger partial charge in [0.25, 0.3) is 0 Å². The number of rotatable bonds is 4. The summed E-state index contributed by atoms with van der Waals surface area (Å²) < 4.78 is 1.61. The zero-order valence-electron chi connectivity index (χ0n) is 8.90. The maximum absolute atomic E-state index is 11.8. The van der Waals surface area contributed by atoms with E-state index in [-0.39, 0.29) is 11.7 Å². The van der Waals surface area contributed by atoms with Gasteiger partial charge in [0.2, 0.25) is 0 Å². The monoisotopic (exact) mass is 195 g/mol. The highest BCUT2D eigenvalue weighted by molar-refractivity contribution is 5.99. The van der Waals surface area contributed by atoms with E-state index >= 15 is 0 Å². The van der Waals surface area contributed by atoms with E-state index in [4.69, 9.17) is 5.73 Å². The highest BCUT2D eigenvalue weighted by atomic mass is 16.1. The quantitative estimate of drug-likeness (QED) is 0.728. The lowest BCUT2D eigenvalue weighted by Crippen LogP contribution is -2.36. The molecule has 0 spiro atoms. The summed E-state index contributed by atoms with van der Waals surface area (Å²) in [5, 5.41) is 3.95. The molecular weight excluding hydrogens is 178 g/mol. The summed E-state index contributed by atoms with van der Waals surface area (Å²) in [6.45, 7) is 4.01. The van der Waals surface area contributed by atoms with Crippen molar-refractivity contribution in [1.82, 2.24) is 9.78 Å². The standard InChI is InChI=1S/C10H17N3O/c1-4-7(2)9(11)10(14)8-5-12-13(3)6-8/h5-7,9H,4,11H2,1-3H3. The van der Waals surface area contributed by atoms with E-state index in [9.17, 15) is 4.79 Å². The molecule has 1 aromatic rings. The second kappa shape index (κ2) is 4.37. The highest BCUT2D eigenvalue weighted by Crippen LogP contribution is 2.10. The van der Waals surface area contributed by atoms with E-state index in [2.05, 4.69) is 5.10 Å². The topological polar surface area (TPSA) is 60.9 Å². The average Bonchev–Trinajstić information content (AvgIpc) is 2.61. The number of ketones is 1. The van der Waals surface area contributed by atoms with Crippen LogP contribution in [0.15, 0.2) is 12.4 Å². The lowest BCUT2D eigenvalue weighted by Gasteiger charge is -2.15. The Labute approximate surface area is 84.1 Å². The Balaban J connectivity index is 2.75. The van der Waals surface area contributed by atoms with Crippen LogP contribution in [0.5, 0.6) is 0 Å². The lowest BCUT2D eigenvalue weighted by molar-refractivity contribution is 0.0935. The van der Waals surface area contributed by atoms with Crippen LogP contribution in [0.2, 0.25) is 0 Å². The van der Waals surface area contributed by atoms with Crippen molar-refractivity contribution in [2.45, 2.75) is 26.3 Å². The van der Waals surface area contributed by atoms with E-state index in [1.807, 2.05) is 13.8 Å². The summed E-state index contributed by atoms with van der Waals surface area (Å²) >= 11 is 0. The number of aromatic nitrogens is 2. The molecule has 0 radical (unpaired) electrons. The van der Waals surface area contributed by atoms with Crippen LogP contribution < -0.4 is 5.73 Å². The van der Waals surface area contributed by atoms with Crippen molar-refractivity contribution in [1.29, 1.82) is 0 Å². The Hall–Kier alpha value is -1.16. The number of Topliss-reactive ketones (excluding diaryl/α,β-unsaturated/α-hetero) is 1. The number of aryl methyl sites for hydroxylation is 1. The zero-order valence-corrected chi connectivity index (χ0v) is 8.90. The largest absolute Gasteiger partial charge is 0.321 e. The maximum Gasteiger partial charge on any atom is 0.182 e. The van der Waals surface area contributed by atoms with Gasteiger partial charge in [-0.05, 0) is 5.92 Å². The van der Waals surface area contributed by atoms with Gasteiger partial charge < -0.3 is 5.73 Å². The first-order chi connectivity index (χ1) is 6.56. The summed E-state index contributed by atoms with van der Waals surface area (Å²) in [5.74, 6) is 0.190. The SMILES string of the molecule is CCC(C)C(N)C(=O)c1cnn(C)c1. The number of hydrogen-bond acceptors (Lipinski definition) is 3. The van der Waals surface area contributed by atoms with Crippen LogP contribution >= 0.6 is 0 Å². The molecule has 0 fully saturated rings. The zero-order chi connectivity index (χ0) is 10.7. The van der Waals surface area contributed by atoms with E-state index in [0.29, 0.717) is 5.56 Å². The van der Waals surface area contributed by atoms with Gasteiger partial charge in [0.1, 0.15) is 0 Å². The number of nitrogens with zero attached hydrogens (tertiary/aromatic N) is 2. The first kappa shape index (κ1) is 10.9. The molecule has 1 aromatic heterocycles. The molecule has 0 bridgehead atoms. The van der Waals surface area contributed by atoms with E-state index in [1.54, 1.807) is 24.1 Å². The Morgan fingerprint density at radius 1 is 1.71 bits per heavy atom. The molecule has 4 heteroatoms. The predicted octanol–water partition coefficient (Wildman–Crippen LogP) is 0.976. The van der Waals surface area contributed by atoms with Crippen LogP contribution in [0.1, 0.15) is 30.6 Å². The molecule has 2 N–H and O–H groups in total. The van der Waals surface area contributed by atoms with Gasteiger partial charge in [0.15, 0.2) is 5.78 Å².